The fraction of sp³-hybridized carbons (Fsp3) is 0.625. The second kappa shape index (κ2) is 6.23. The van der Waals surface area contributed by atoms with Crippen LogP contribution < -0.4 is 0 Å². The SMILES string of the molecule is CC1(C)O[C@H]2OC(C(O)CO)[C@H](OCc3ccccc3)[C@H]2O1. The molecule has 2 aliphatic rings. The van der Waals surface area contributed by atoms with Crippen molar-refractivity contribution in [3.63, 3.8) is 0 Å². The number of benzene rings is 1. The number of ether oxygens (including phenoxy) is 4. The highest BCUT2D eigenvalue weighted by Gasteiger charge is 2.56. The highest BCUT2D eigenvalue weighted by Crippen LogP contribution is 2.39. The van der Waals surface area contributed by atoms with Gasteiger partial charge in [-0.05, 0) is 19.4 Å². The maximum atomic E-state index is 9.94. The van der Waals surface area contributed by atoms with Crippen LogP contribution in [0.1, 0.15) is 19.4 Å². The summed E-state index contributed by atoms with van der Waals surface area (Å²) >= 11 is 0. The van der Waals surface area contributed by atoms with E-state index in [-0.39, 0.29) is 0 Å². The van der Waals surface area contributed by atoms with Crippen molar-refractivity contribution in [2.24, 2.45) is 0 Å². The summed E-state index contributed by atoms with van der Waals surface area (Å²) in [6.07, 6.45) is -3.25. The molecule has 6 nitrogen and oxygen atoms in total. The monoisotopic (exact) mass is 310 g/mol. The van der Waals surface area contributed by atoms with Crippen molar-refractivity contribution in [3.8, 4) is 0 Å². The van der Waals surface area contributed by atoms with Gasteiger partial charge in [0, 0.05) is 0 Å². The van der Waals surface area contributed by atoms with E-state index < -0.39 is 43.1 Å². The summed E-state index contributed by atoms with van der Waals surface area (Å²) in [4.78, 5) is 0. The molecule has 2 fully saturated rings. The third-order valence-electron chi connectivity index (χ3n) is 3.88. The summed E-state index contributed by atoms with van der Waals surface area (Å²) in [5, 5.41) is 19.1. The summed E-state index contributed by atoms with van der Waals surface area (Å²) in [5.74, 6) is -0.751. The zero-order valence-electron chi connectivity index (χ0n) is 12.7. The number of hydrogen-bond donors (Lipinski definition) is 2. The molecule has 3 rings (SSSR count). The molecule has 2 heterocycles. The van der Waals surface area contributed by atoms with Gasteiger partial charge in [-0.1, -0.05) is 30.3 Å². The normalized spacial score (nSPS) is 34.5. The minimum Gasteiger partial charge on any atom is -0.394 e. The summed E-state index contributed by atoms with van der Waals surface area (Å²) in [7, 11) is 0. The van der Waals surface area contributed by atoms with Crippen molar-refractivity contribution in [2.75, 3.05) is 6.61 Å². The maximum Gasteiger partial charge on any atom is 0.190 e. The number of hydrogen-bond acceptors (Lipinski definition) is 6. The standard InChI is InChI=1S/C16H22O6/c1-16(2)21-14-13(19-9-10-6-4-3-5-7-10)12(11(18)8-17)20-15(14)22-16/h3-7,11-15,17-18H,8-9H2,1-2H3/t11?,12?,13-,14+,15+/m0/s1. The summed E-state index contributed by atoms with van der Waals surface area (Å²) in [5.41, 5.74) is 1.02. The lowest BCUT2D eigenvalue weighted by atomic mass is 10.1. The van der Waals surface area contributed by atoms with Gasteiger partial charge in [0.05, 0.1) is 13.2 Å². The van der Waals surface area contributed by atoms with Gasteiger partial charge in [-0.2, -0.15) is 0 Å². The van der Waals surface area contributed by atoms with Gasteiger partial charge in [-0.15, -0.1) is 0 Å². The molecule has 0 aliphatic carbocycles. The smallest absolute Gasteiger partial charge is 0.190 e. The Morgan fingerprint density at radius 2 is 1.95 bits per heavy atom. The molecule has 2 unspecified atom stereocenters. The first-order chi connectivity index (χ1) is 10.5. The number of aliphatic hydroxyl groups is 2. The average Bonchev–Trinajstić information content (AvgIpc) is 2.97. The molecule has 2 N–H and O–H groups in total. The molecule has 6 heteroatoms. The Labute approximate surface area is 129 Å². The van der Waals surface area contributed by atoms with Crippen LogP contribution >= 0.6 is 0 Å². The Bertz CT molecular complexity index is 491. The fourth-order valence-electron chi connectivity index (χ4n) is 2.87. The van der Waals surface area contributed by atoms with E-state index in [2.05, 4.69) is 0 Å². The number of fused-ring (bicyclic) bond motifs is 1. The van der Waals surface area contributed by atoms with Gasteiger partial charge in [-0.25, -0.2) is 0 Å². The number of aliphatic hydroxyl groups excluding tert-OH is 2. The third-order valence-corrected chi connectivity index (χ3v) is 3.88. The highest BCUT2D eigenvalue weighted by atomic mass is 16.8. The van der Waals surface area contributed by atoms with Crippen molar-refractivity contribution in [1.29, 1.82) is 0 Å². The maximum absolute atomic E-state index is 9.94. The van der Waals surface area contributed by atoms with Gasteiger partial charge in [0.2, 0.25) is 0 Å². The zero-order chi connectivity index (χ0) is 15.7. The minimum absolute atomic E-state index is 0.372. The molecular formula is C16H22O6. The summed E-state index contributed by atoms with van der Waals surface area (Å²) in [6.45, 7) is 3.58. The van der Waals surface area contributed by atoms with Crippen LogP contribution in [0.15, 0.2) is 30.3 Å². The van der Waals surface area contributed by atoms with Crippen LogP contribution in [0.3, 0.4) is 0 Å². The Balaban J connectivity index is 1.71. The second-order valence-corrected chi connectivity index (χ2v) is 6.08. The van der Waals surface area contributed by atoms with Crippen molar-refractivity contribution >= 4 is 0 Å². The molecule has 5 atom stereocenters. The Morgan fingerprint density at radius 3 is 2.64 bits per heavy atom. The summed E-state index contributed by atoms with van der Waals surface area (Å²) in [6, 6.07) is 9.73. The molecule has 1 aromatic rings. The lowest BCUT2D eigenvalue weighted by Crippen LogP contribution is -2.44. The molecule has 0 saturated carbocycles. The zero-order valence-corrected chi connectivity index (χ0v) is 12.7. The molecule has 1 aromatic carbocycles. The lowest BCUT2D eigenvalue weighted by Gasteiger charge is -2.28. The first-order valence-corrected chi connectivity index (χ1v) is 7.46. The molecule has 2 saturated heterocycles. The van der Waals surface area contributed by atoms with Crippen LogP contribution in [0.25, 0.3) is 0 Å². The van der Waals surface area contributed by atoms with Crippen LogP contribution in [0.4, 0.5) is 0 Å². The van der Waals surface area contributed by atoms with Crippen LogP contribution in [-0.2, 0) is 25.6 Å². The van der Waals surface area contributed by atoms with Gasteiger partial charge in [0.15, 0.2) is 12.1 Å². The van der Waals surface area contributed by atoms with E-state index in [9.17, 15) is 10.2 Å². The van der Waals surface area contributed by atoms with Gasteiger partial charge < -0.3 is 29.2 Å². The topological polar surface area (TPSA) is 77.4 Å². The van der Waals surface area contributed by atoms with Crippen LogP contribution in [0, 0.1) is 0 Å². The quantitative estimate of drug-likeness (QED) is 0.838. The number of rotatable bonds is 5. The predicted octanol–water partition coefficient (Wildman–Crippen LogP) is 0.801. The van der Waals surface area contributed by atoms with Gasteiger partial charge in [0.25, 0.3) is 0 Å². The van der Waals surface area contributed by atoms with E-state index >= 15 is 0 Å². The Hall–Kier alpha value is -1.02. The van der Waals surface area contributed by atoms with E-state index in [1.165, 1.54) is 0 Å². The predicted molar refractivity (Wildman–Crippen MR) is 76.8 cm³/mol. The molecule has 0 bridgehead atoms. The molecule has 0 aromatic heterocycles. The van der Waals surface area contributed by atoms with Crippen molar-refractivity contribution in [2.45, 2.75) is 56.9 Å². The minimum atomic E-state index is -1.04. The third kappa shape index (κ3) is 3.17. The van der Waals surface area contributed by atoms with Crippen LogP contribution in [0.5, 0.6) is 0 Å². The van der Waals surface area contributed by atoms with Crippen LogP contribution in [-0.4, -0.2) is 53.3 Å². The van der Waals surface area contributed by atoms with E-state index in [1.807, 2.05) is 30.3 Å². The lowest BCUT2D eigenvalue weighted by molar-refractivity contribution is -0.232. The fourth-order valence-corrected chi connectivity index (χ4v) is 2.87. The summed E-state index contributed by atoms with van der Waals surface area (Å²) < 4.78 is 23.1. The van der Waals surface area contributed by atoms with E-state index in [4.69, 9.17) is 18.9 Å². The molecule has 0 radical (unpaired) electrons. The Morgan fingerprint density at radius 1 is 1.23 bits per heavy atom. The van der Waals surface area contributed by atoms with Gasteiger partial charge in [0.1, 0.15) is 24.4 Å². The molecule has 122 valence electrons. The molecule has 2 aliphatic heterocycles. The van der Waals surface area contributed by atoms with E-state index in [1.54, 1.807) is 13.8 Å². The largest absolute Gasteiger partial charge is 0.394 e. The second-order valence-electron chi connectivity index (χ2n) is 6.08. The molecular weight excluding hydrogens is 288 g/mol. The first kappa shape index (κ1) is 15.9. The first-order valence-electron chi connectivity index (χ1n) is 7.46. The van der Waals surface area contributed by atoms with Crippen molar-refractivity contribution in [1.82, 2.24) is 0 Å². The average molecular weight is 310 g/mol. The van der Waals surface area contributed by atoms with Gasteiger partial charge >= 0.3 is 0 Å². The van der Waals surface area contributed by atoms with Crippen LogP contribution in [0.2, 0.25) is 0 Å². The van der Waals surface area contributed by atoms with E-state index in [0.717, 1.165) is 5.56 Å². The molecule has 0 amide bonds. The highest BCUT2D eigenvalue weighted by molar-refractivity contribution is 5.13. The molecule has 0 spiro atoms. The van der Waals surface area contributed by atoms with Crippen molar-refractivity contribution < 1.29 is 29.2 Å². The van der Waals surface area contributed by atoms with Crippen molar-refractivity contribution in [3.05, 3.63) is 35.9 Å². The van der Waals surface area contributed by atoms with E-state index in [0.29, 0.717) is 6.61 Å². The van der Waals surface area contributed by atoms with Gasteiger partial charge in [-0.3, -0.25) is 0 Å². The Kier molecular flexibility index (Phi) is 4.49. The molecule has 22 heavy (non-hydrogen) atoms.